The van der Waals surface area contributed by atoms with Crippen LogP contribution >= 0.6 is 15.9 Å². The lowest BCUT2D eigenvalue weighted by atomic mass is 10.1. The van der Waals surface area contributed by atoms with E-state index in [0.717, 1.165) is 24.0 Å². The number of rotatable bonds is 6. The van der Waals surface area contributed by atoms with E-state index in [4.69, 9.17) is 5.73 Å². The van der Waals surface area contributed by atoms with Crippen molar-refractivity contribution in [3.8, 4) is 0 Å². The van der Waals surface area contributed by atoms with E-state index < -0.39 is 0 Å². The zero-order chi connectivity index (χ0) is 14.4. The van der Waals surface area contributed by atoms with Crippen molar-refractivity contribution in [3.05, 3.63) is 64.1 Å². The number of nitrogens with two attached hydrogens (primary N) is 1. The first-order valence-electron chi connectivity index (χ1n) is 7.02. The van der Waals surface area contributed by atoms with Gasteiger partial charge in [0.25, 0.3) is 0 Å². The third-order valence-corrected chi connectivity index (χ3v) is 4.15. The SMILES string of the molecule is CCN(Cc1ccccc1)c1ccc(CCN)c(Br)c1. The van der Waals surface area contributed by atoms with E-state index in [1.807, 2.05) is 0 Å². The summed E-state index contributed by atoms with van der Waals surface area (Å²) < 4.78 is 1.15. The Morgan fingerprint density at radius 1 is 1.10 bits per heavy atom. The molecule has 106 valence electrons. The summed E-state index contributed by atoms with van der Waals surface area (Å²) >= 11 is 3.65. The van der Waals surface area contributed by atoms with E-state index in [2.05, 4.69) is 76.3 Å². The van der Waals surface area contributed by atoms with E-state index in [9.17, 15) is 0 Å². The number of benzene rings is 2. The molecule has 2 rings (SSSR count). The zero-order valence-electron chi connectivity index (χ0n) is 11.8. The third-order valence-electron chi connectivity index (χ3n) is 3.41. The molecular formula is C17H21BrN2. The summed E-state index contributed by atoms with van der Waals surface area (Å²) in [7, 11) is 0. The summed E-state index contributed by atoms with van der Waals surface area (Å²) in [6.45, 7) is 4.78. The molecule has 2 nitrogen and oxygen atoms in total. The smallest absolute Gasteiger partial charge is 0.0429 e. The second kappa shape index (κ2) is 7.46. The molecule has 0 bridgehead atoms. The molecule has 0 heterocycles. The Bertz CT molecular complexity index is 540. The first-order chi connectivity index (χ1) is 9.74. The van der Waals surface area contributed by atoms with Gasteiger partial charge >= 0.3 is 0 Å². The van der Waals surface area contributed by atoms with Gasteiger partial charge in [-0.15, -0.1) is 0 Å². The van der Waals surface area contributed by atoms with Crippen LogP contribution in [0.15, 0.2) is 53.0 Å². The van der Waals surface area contributed by atoms with Gasteiger partial charge in [0.2, 0.25) is 0 Å². The summed E-state index contributed by atoms with van der Waals surface area (Å²) in [5, 5.41) is 0. The minimum absolute atomic E-state index is 0.680. The molecule has 2 aromatic carbocycles. The molecule has 0 saturated heterocycles. The number of hydrogen-bond acceptors (Lipinski definition) is 2. The molecule has 0 spiro atoms. The summed E-state index contributed by atoms with van der Waals surface area (Å²) in [6, 6.07) is 17.1. The van der Waals surface area contributed by atoms with Crippen molar-refractivity contribution < 1.29 is 0 Å². The Hall–Kier alpha value is -1.32. The summed E-state index contributed by atoms with van der Waals surface area (Å²) in [4.78, 5) is 2.37. The van der Waals surface area contributed by atoms with Crippen molar-refractivity contribution in [2.45, 2.75) is 19.9 Å². The van der Waals surface area contributed by atoms with Gasteiger partial charge in [-0.05, 0) is 43.1 Å². The van der Waals surface area contributed by atoms with Crippen LogP contribution in [-0.2, 0) is 13.0 Å². The Labute approximate surface area is 129 Å². The normalized spacial score (nSPS) is 10.6. The minimum Gasteiger partial charge on any atom is -0.367 e. The van der Waals surface area contributed by atoms with Gasteiger partial charge < -0.3 is 10.6 Å². The number of hydrogen-bond donors (Lipinski definition) is 1. The molecule has 0 unspecified atom stereocenters. The van der Waals surface area contributed by atoms with Crippen LogP contribution in [0.4, 0.5) is 5.69 Å². The number of nitrogens with zero attached hydrogens (tertiary/aromatic N) is 1. The molecule has 3 heteroatoms. The average Bonchev–Trinajstić information content (AvgIpc) is 2.48. The quantitative estimate of drug-likeness (QED) is 0.866. The van der Waals surface area contributed by atoms with Crippen LogP contribution in [0.3, 0.4) is 0 Å². The molecule has 0 saturated carbocycles. The van der Waals surface area contributed by atoms with Crippen LogP contribution in [-0.4, -0.2) is 13.1 Å². The highest BCUT2D eigenvalue weighted by molar-refractivity contribution is 9.10. The maximum Gasteiger partial charge on any atom is 0.0429 e. The summed E-state index contributed by atoms with van der Waals surface area (Å²) in [5.41, 5.74) is 9.46. The molecule has 0 aliphatic heterocycles. The van der Waals surface area contributed by atoms with Gasteiger partial charge in [-0.25, -0.2) is 0 Å². The van der Waals surface area contributed by atoms with Crippen molar-refractivity contribution in [2.75, 3.05) is 18.0 Å². The van der Waals surface area contributed by atoms with E-state index in [1.54, 1.807) is 0 Å². The largest absolute Gasteiger partial charge is 0.367 e. The molecule has 0 aliphatic rings. The molecule has 0 atom stereocenters. The number of anilines is 1. The molecule has 0 amide bonds. The standard InChI is InChI=1S/C17H21BrN2/c1-2-20(13-14-6-4-3-5-7-14)16-9-8-15(10-11-19)17(18)12-16/h3-9,12H,2,10-11,13,19H2,1H3. The van der Waals surface area contributed by atoms with Crippen LogP contribution in [0.25, 0.3) is 0 Å². The second-order valence-electron chi connectivity index (χ2n) is 4.81. The lowest BCUT2D eigenvalue weighted by Crippen LogP contribution is -2.22. The van der Waals surface area contributed by atoms with Crippen molar-refractivity contribution in [1.29, 1.82) is 0 Å². The predicted octanol–water partition coefficient (Wildman–Crippen LogP) is 3.98. The Morgan fingerprint density at radius 3 is 2.45 bits per heavy atom. The van der Waals surface area contributed by atoms with Crippen molar-refractivity contribution in [2.24, 2.45) is 5.73 Å². The fourth-order valence-corrected chi connectivity index (χ4v) is 2.85. The Balaban J connectivity index is 2.17. The van der Waals surface area contributed by atoms with Gasteiger partial charge in [0.05, 0.1) is 0 Å². The van der Waals surface area contributed by atoms with E-state index >= 15 is 0 Å². The fraction of sp³-hybridized carbons (Fsp3) is 0.294. The van der Waals surface area contributed by atoms with E-state index in [1.165, 1.54) is 16.8 Å². The maximum absolute atomic E-state index is 5.62. The first kappa shape index (κ1) is 15.1. The molecule has 2 N–H and O–H groups in total. The second-order valence-corrected chi connectivity index (χ2v) is 5.67. The first-order valence-corrected chi connectivity index (χ1v) is 7.81. The van der Waals surface area contributed by atoms with Gasteiger partial charge in [-0.3, -0.25) is 0 Å². The molecule has 2 aromatic rings. The van der Waals surface area contributed by atoms with E-state index in [-0.39, 0.29) is 0 Å². The highest BCUT2D eigenvalue weighted by Gasteiger charge is 2.07. The average molecular weight is 333 g/mol. The molecule has 0 fully saturated rings. The van der Waals surface area contributed by atoms with Crippen LogP contribution in [0.2, 0.25) is 0 Å². The van der Waals surface area contributed by atoms with Gasteiger partial charge in [-0.2, -0.15) is 0 Å². The van der Waals surface area contributed by atoms with Crippen molar-refractivity contribution in [3.63, 3.8) is 0 Å². The predicted molar refractivity (Wildman–Crippen MR) is 90.1 cm³/mol. The Morgan fingerprint density at radius 2 is 1.85 bits per heavy atom. The van der Waals surface area contributed by atoms with Gasteiger partial charge in [0.1, 0.15) is 0 Å². The molecule has 0 aromatic heterocycles. The lowest BCUT2D eigenvalue weighted by molar-refractivity contribution is 0.830. The lowest BCUT2D eigenvalue weighted by Gasteiger charge is -2.24. The van der Waals surface area contributed by atoms with Crippen LogP contribution in [0, 0.1) is 0 Å². The Kier molecular flexibility index (Phi) is 5.62. The van der Waals surface area contributed by atoms with Gasteiger partial charge in [0.15, 0.2) is 0 Å². The van der Waals surface area contributed by atoms with Gasteiger partial charge in [0, 0.05) is 23.2 Å². The summed E-state index contributed by atoms with van der Waals surface area (Å²) in [6.07, 6.45) is 0.908. The topological polar surface area (TPSA) is 29.3 Å². The molecule has 0 radical (unpaired) electrons. The van der Waals surface area contributed by atoms with Crippen molar-refractivity contribution in [1.82, 2.24) is 0 Å². The maximum atomic E-state index is 5.62. The summed E-state index contributed by atoms with van der Waals surface area (Å²) in [5.74, 6) is 0. The zero-order valence-corrected chi connectivity index (χ0v) is 13.4. The fourth-order valence-electron chi connectivity index (χ4n) is 2.28. The van der Waals surface area contributed by atoms with E-state index in [0.29, 0.717) is 6.54 Å². The van der Waals surface area contributed by atoms with Crippen molar-refractivity contribution >= 4 is 21.6 Å². The monoisotopic (exact) mass is 332 g/mol. The van der Waals surface area contributed by atoms with Gasteiger partial charge in [-0.1, -0.05) is 52.3 Å². The van der Waals surface area contributed by atoms with Crippen LogP contribution in [0.1, 0.15) is 18.1 Å². The third kappa shape index (κ3) is 3.84. The number of halogens is 1. The van der Waals surface area contributed by atoms with Crippen LogP contribution in [0.5, 0.6) is 0 Å². The minimum atomic E-state index is 0.680. The highest BCUT2D eigenvalue weighted by Crippen LogP contribution is 2.25. The highest BCUT2D eigenvalue weighted by atomic mass is 79.9. The molecule has 0 aliphatic carbocycles. The molecular weight excluding hydrogens is 312 g/mol. The van der Waals surface area contributed by atoms with Crippen LogP contribution < -0.4 is 10.6 Å². The molecule has 20 heavy (non-hydrogen) atoms.